The molecule has 1 atom stereocenters. The van der Waals surface area contributed by atoms with Gasteiger partial charge in [-0.05, 0) is 31.2 Å². The maximum atomic E-state index is 5.68. The van der Waals surface area contributed by atoms with Crippen molar-refractivity contribution < 1.29 is 4.42 Å². The van der Waals surface area contributed by atoms with Crippen molar-refractivity contribution in [2.24, 2.45) is 5.73 Å². The monoisotopic (exact) mass is 246 g/mol. The number of hydrogen-bond donors (Lipinski definition) is 2. The Bertz CT molecular complexity index is 508. The zero-order valence-electron chi connectivity index (χ0n) is 9.51. The average Bonchev–Trinajstić information content (AvgIpc) is 2.83. The van der Waals surface area contributed by atoms with Crippen LogP contribution in [0.3, 0.4) is 0 Å². The first kappa shape index (κ1) is 11.7. The van der Waals surface area contributed by atoms with Gasteiger partial charge in [-0.2, -0.15) is 0 Å². The van der Waals surface area contributed by atoms with Crippen molar-refractivity contribution in [3.8, 4) is 0 Å². The number of anilines is 1. The molecule has 0 radical (unpaired) electrons. The van der Waals surface area contributed by atoms with Gasteiger partial charge in [-0.15, -0.1) is 0 Å². The van der Waals surface area contributed by atoms with Crippen LogP contribution in [0, 0.1) is 0 Å². The summed E-state index contributed by atoms with van der Waals surface area (Å²) in [6.45, 7) is 2.02. The van der Waals surface area contributed by atoms with Crippen molar-refractivity contribution in [3.63, 3.8) is 0 Å². The molecule has 1 aromatic carbocycles. The minimum Gasteiger partial charge on any atom is -0.467 e. The Morgan fingerprint density at radius 1 is 1.29 bits per heavy atom. The van der Waals surface area contributed by atoms with Gasteiger partial charge < -0.3 is 15.5 Å². The van der Waals surface area contributed by atoms with E-state index < -0.39 is 0 Å². The van der Waals surface area contributed by atoms with E-state index in [4.69, 9.17) is 22.4 Å². The molecule has 0 fully saturated rings. The summed E-state index contributed by atoms with van der Waals surface area (Å²) in [4.78, 5) is 0.389. The molecule has 4 heteroatoms. The number of hydrogen-bond acceptors (Lipinski definition) is 3. The quantitative estimate of drug-likeness (QED) is 0.814. The van der Waals surface area contributed by atoms with Crippen LogP contribution in [0.4, 0.5) is 5.69 Å². The highest BCUT2D eigenvalue weighted by atomic mass is 32.1. The summed E-state index contributed by atoms with van der Waals surface area (Å²) in [7, 11) is 0. The first-order chi connectivity index (χ1) is 8.18. The van der Waals surface area contributed by atoms with Gasteiger partial charge in [-0.3, -0.25) is 0 Å². The van der Waals surface area contributed by atoms with Gasteiger partial charge in [0.25, 0.3) is 0 Å². The van der Waals surface area contributed by atoms with Gasteiger partial charge in [-0.1, -0.05) is 24.4 Å². The lowest BCUT2D eigenvalue weighted by Gasteiger charge is -2.15. The molecule has 0 amide bonds. The van der Waals surface area contributed by atoms with E-state index in [0.717, 1.165) is 17.0 Å². The summed E-state index contributed by atoms with van der Waals surface area (Å²) in [6.07, 6.45) is 1.66. The predicted molar refractivity (Wildman–Crippen MR) is 73.1 cm³/mol. The Morgan fingerprint density at radius 3 is 2.71 bits per heavy atom. The van der Waals surface area contributed by atoms with Gasteiger partial charge >= 0.3 is 0 Å². The molecule has 88 valence electrons. The Morgan fingerprint density at radius 2 is 2.06 bits per heavy atom. The maximum absolute atomic E-state index is 5.68. The van der Waals surface area contributed by atoms with Crippen LogP contribution in [0.15, 0.2) is 47.1 Å². The predicted octanol–water partition coefficient (Wildman–Crippen LogP) is 3.09. The molecule has 0 aliphatic rings. The van der Waals surface area contributed by atoms with Gasteiger partial charge in [0.1, 0.15) is 10.7 Å². The first-order valence-electron chi connectivity index (χ1n) is 5.37. The highest BCUT2D eigenvalue weighted by molar-refractivity contribution is 7.80. The van der Waals surface area contributed by atoms with Crippen LogP contribution >= 0.6 is 12.2 Å². The van der Waals surface area contributed by atoms with E-state index in [2.05, 4.69) is 5.32 Å². The highest BCUT2D eigenvalue weighted by Gasteiger charge is 2.10. The fourth-order valence-electron chi connectivity index (χ4n) is 1.67. The average molecular weight is 246 g/mol. The zero-order valence-corrected chi connectivity index (χ0v) is 10.3. The van der Waals surface area contributed by atoms with Gasteiger partial charge in [0.05, 0.1) is 12.3 Å². The molecule has 0 aliphatic heterocycles. The molecule has 2 rings (SSSR count). The van der Waals surface area contributed by atoms with E-state index >= 15 is 0 Å². The summed E-state index contributed by atoms with van der Waals surface area (Å²) in [5.41, 5.74) is 7.45. The number of thiocarbonyl (C=S) groups is 1. The number of nitrogens with two attached hydrogens (primary N) is 1. The number of benzene rings is 1. The molecule has 1 unspecified atom stereocenters. The standard InChI is InChI=1S/C13H14N2OS/c1-9(12-7-4-8-16-12)15-11-6-3-2-5-10(11)13(14)17/h2-9,15H,1H3,(H2,14,17). The molecule has 3 N–H and O–H groups in total. The Balaban J connectivity index is 2.21. The third-order valence-electron chi connectivity index (χ3n) is 2.53. The second kappa shape index (κ2) is 5.01. The summed E-state index contributed by atoms with van der Waals surface area (Å²) >= 11 is 5.02. The smallest absolute Gasteiger partial charge is 0.125 e. The van der Waals surface area contributed by atoms with Gasteiger partial charge in [0.15, 0.2) is 0 Å². The number of nitrogens with one attached hydrogen (secondary N) is 1. The molecule has 0 saturated carbocycles. The SMILES string of the molecule is CC(Nc1ccccc1C(N)=S)c1ccco1. The van der Waals surface area contributed by atoms with Gasteiger partial charge in [0, 0.05) is 11.3 Å². The minimum absolute atomic E-state index is 0.0699. The molecular formula is C13H14N2OS. The Hall–Kier alpha value is -1.81. The molecule has 1 aromatic heterocycles. The topological polar surface area (TPSA) is 51.2 Å². The fraction of sp³-hybridized carbons (Fsp3) is 0.154. The van der Waals surface area contributed by atoms with Crippen LogP contribution in [0.5, 0.6) is 0 Å². The molecule has 1 heterocycles. The van der Waals surface area contributed by atoms with Crippen molar-refractivity contribution in [1.29, 1.82) is 0 Å². The van der Waals surface area contributed by atoms with Crippen molar-refractivity contribution in [1.82, 2.24) is 0 Å². The minimum atomic E-state index is 0.0699. The van der Waals surface area contributed by atoms with Crippen LogP contribution in [0.25, 0.3) is 0 Å². The number of furan rings is 1. The number of rotatable bonds is 4. The second-order valence-corrected chi connectivity index (χ2v) is 4.23. The van der Waals surface area contributed by atoms with Gasteiger partial charge in [0.2, 0.25) is 0 Å². The molecule has 0 spiro atoms. The van der Waals surface area contributed by atoms with Crippen molar-refractivity contribution in [3.05, 3.63) is 54.0 Å². The van der Waals surface area contributed by atoms with Crippen LogP contribution in [0.2, 0.25) is 0 Å². The Labute approximate surface area is 106 Å². The Kier molecular flexibility index (Phi) is 3.44. The lowest BCUT2D eigenvalue weighted by molar-refractivity contribution is 0.490. The molecular weight excluding hydrogens is 232 g/mol. The van der Waals surface area contributed by atoms with Crippen LogP contribution in [-0.4, -0.2) is 4.99 Å². The lowest BCUT2D eigenvalue weighted by Crippen LogP contribution is -2.14. The lowest BCUT2D eigenvalue weighted by atomic mass is 10.1. The second-order valence-electron chi connectivity index (χ2n) is 3.79. The zero-order chi connectivity index (χ0) is 12.3. The van der Waals surface area contributed by atoms with E-state index in [0.29, 0.717) is 4.99 Å². The molecule has 0 saturated heterocycles. The van der Waals surface area contributed by atoms with E-state index in [9.17, 15) is 0 Å². The van der Waals surface area contributed by atoms with Crippen molar-refractivity contribution in [2.75, 3.05) is 5.32 Å². The summed E-state index contributed by atoms with van der Waals surface area (Å²) in [6, 6.07) is 11.6. The largest absolute Gasteiger partial charge is 0.467 e. The van der Waals surface area contributed by atoms with Crippen molar-refractivity contribution >= 4 is 22.9 Å². The summed E-state index contributed by atoms with van der Waals surface area (Å²) < 4.78 is 5.34. The molecule has 0 bridgehead atoms. The van der Waals surface area contributed by atoms with E-state index in [-0.39, 0.29) is 6.04 Å². The summed E-state index contributed by atoms with van der Waals surface area (Å²) in [5.74, 6) is 0.878. The summed E-state index contributed by atoms with van der Waals surface area (Å²) in [5, 5.41) is 3.33. The molecule has 2 aromatic rings. The molecule has 17 heavy (non-hydrogen) atoms. The normalized spacial score (nSPS) is 12.1. The fourth-order valence-corrected chi connectivity index (χ4v) is 1.84. The van der Waals surface area contributed by atoms with Crippen LogP contribution in [0.1, 0.15) is 24.3 Å². The van der Waals surface area contributed by atoms with Crippen LogP contribution < -0.4 is 11.1 Å². The third kappa shape index (κ3) is 2.65. The third-order valence-corrected chi connectivity index (χ3v) is 2.75. The molecule has 0 aliphatic carbocycles. The van der Waals surface area contributed by atoms with E-state index in [1.807, 2.05) is 43.3 Å². The molecule has 3 nitrogen and oxygen atoms in total. The van der Waals surface area contributed by atoms with Crippen LogP contribution in [-0.2, 0) is 0 Å². The highest BCUT2D eigenvalue weighted by Crippen LogP contribution is 2.22. The number of para-hydroxylation sites is 1. The maximum Gasteiger partial charge on any atom is 0.125 e. The first-order valence-corrected chi connectivity index (χ1v) is 5.78. The van der Waals surface area contributed by atoms with Gasteiger partial charge in [-0.25, -0.2) is 0 Å². The van der Waals surface area contributed by atoms with E-state index in [1.54, 1.807) is 6.26 Å². The van der Waals surface area contributed by atoms with Crippen molar-refractivity contribution in [2.45, 2.75) is 13.0 Å². The van der Waals surface area contributed by atoms with E-state index in [1.165, 1.54) is 0 Å².